The molecule has 3 rings (SSSR count). The van der Waals surface area contributed by atoms with Gasteiger partial charge in [-0.3, -0.25) is 19.8 Å². The van der Waals surface area contributed by atoms with E-state index in [1.807, 2.05) is 24.5 Å². The molecule has 2 N–H and O–H groups in total. The van der Waals surface area contributed by atoms with E-state index in [0.717, 1.165) is 11.4 Å². The lowest BCUT2D eigenvalue weighted by Gasteiger charge is -2.27. The highest BCUT2D eigenvalue weighted by molar-refractivity contribution is 7.80. The molecule has 0 unspecified atom stereocenters. The maximum Gasteiger partial charge on any atom is 0.337 e. The fourth-order valence-corrected chi connectivity index (χ4v) is 3.74. The van der Waals surface area contributed by atoms with E-state index >= 15 is 0 Å². The van der Waals surface area contributed by atoms with Gasteiger partial charge in [-0.2, -0.15) is 0 Å². The van der Waals surface area contributed by atoms with Crippen LogP contribution in [0.1, 0.15) is 27.3 Å². The number of aromatic nitrogens is 1. The second-order valence-electron chi connectivity index (χ2n) is 6.65. The Balaban J connectivity index is 2.08. The van der Waals surface area contributed by atoms with Crippen molar-refractivity contribution >= 4 is 52.8 Å². The number of benzene rings is 1. The first kappa shape index (κ1) is 21.5. The Hall–Kier alpha value is -3.23. The molecule has 1 aromatic heterocycles. The van der Waals surface area contributed by atoms with Crippen LogP contribution in [0.4, 0.5) is 0 Å². The van der Waals surface area contributed by atoms with Gasteiger partial charge in [-0.15, -0.1) is 6.58 Å². The summed E-state index contributed by atoms with van der Waals surface area (Å²) in [5.74, 6) is -2.21. The smallest absolute Gasteiger partial charge is 0.337 e. The molecule has 154 valence electrons. The first-order valence-corrected chi connectivity index (χ1v) is 9.66. The minimum absolute atomic E-state index is 0.0167. The summed E-state index contributed by atoms with van der Waals surface area (Å²) in [5, 5.41) is 12.0. The Morgan fingerprint density at radius 1 is 1.30 bits per heavy atom. The molecule has 2 heterocycles. The van der Waals surface area contributed by atoms with Crippen LogP contribution in [-0.2, 0) is 9.59 Å². The summed E-state index contributed by atoms with van der Waals surface area (Å²) in [6, 6.07) is 6.50. The number of hydrogen-bond acceptors (Lipinski definition) is 4. The number of nitrogens with one attached hydrogen (secondary N) is 1. The van der Waals surface area contributed by atoms with Gasteiger partial charge in [0.05, 0.1) is 10.6 Å². The number of carbonyl (C=O) groups is 3. The number of carbonyl (C=O) groups excluding carboxylic acids is 2. The molecule has 0 saturated carbocycles. The van der Waals surface area contributed by atoms with Crippen molar-refractivity contribution in [3.8, 4) is 5.69 Å². The number of carboxylic acids is 1. The van der Waals surface area contributed by atoms with Crippen molar-refractivity contribution in [2.45, 2.75) is 13.8 Å². The third kappa shape index (κ3) is 3.79. The van der Waals surface area contributed by atoms with Gasteiger partial charge in [0.1, 0.15) is 5.57 Å². The predicted octanol–water partition coefficient (Wildman–Crippen LogP) is 3.26. The van der Waals surface area contributed by atoms with Gasteiger partial charge in [0.2, 0.25) is 0 Å². The van der Waals surface area contributed by atoms with Crippen molar-refractivity contribution < 1.29 is 19.5 Å². The number of aromatic carboxylic acids is 1. The number of aryl methyl sites for hydroxylation is 1. The highest BCUT2D eigenvalue weighted by atomic mass is 35.5. The first-order chi connectivity index (χ1) is 14.1. The van der Waals surface area contributed by atoms with Crippen LogP contribution in [0.2, 0.25) is 5.02 Å². The van der Waals surface area contributed by atoms with Crippen molar-refractivity contribution in [2.24, 2.45) is 0 Å². The van der Waals surface area contributed by atoms with Crippen LogP contribution in [0.5, 0.6) is 0 Å². The molecule has 2 amide bonds. The molecule has 1 aliphatic heterocycles. The Labute approximate surface area is 183 Å². The molecule has 30 heavy (non-hydrogen) atoms. The Kier molecular flexibility index (Phi) is 5.91. The maximum atomic E-state index is 12.7. The molecular weight excluding hydrogens is 426 g/mol. The number of halogens is 1. The second kappa shape index (κ2) is 8.25. The minimum Gasteiger partial charge on any atom is -0.478 e. The Morgan fingerprint density at radius 3 is 2.63 bits per heavy atom. The number of carboxylic acid groups (broad SMARTS) is 1. The van der Waals surface area contributed by atoms with E-state index in [9.17, 15) is 19.5 Å². The number of thiocarbonyl (C=S) groups is 1. The molecule has 0 atom stereocenters. The molecule has 0 radical (unpaired) electrons. The third-order valence-corrected chi connectivity index (χ3v) is 5.36. The highest BCUT2D eigenvalue weighted by Crippen LogP contribution is 2.27. The second-order valence-corrected chi connectivity index (χ2v) is 7.45. The van der Waals surface area contributed by atoms with Crippen LogP contribution in [0.25, 0.3) is 11.8 Å². The first-order valence-electron chi connectivity index (χ1n) is 8.87. The zero-order chi connectivity index (χ0) is 22.2. The molecule has 2 aromatic rings. The molecule has 0 aliphatic carbocycles. The van der Waals surface area contributed by atoms with Crippen molar-refractivity contribution in [3.05, 3.63) is 70.0 Å². The van der Waals surface area contributed by atoms with Crippen LogP contribution in [0.15, 0.2) is 42.5 Å². The SMILES string of the molecule is C=CCN1C(=O)/C(=C\c2cc(C)n(-c3ccc(Cl)c(C(=O)O)c3)c2C)C(=O)NC1=S. The van der Waals surface area contributed by atoms with E-state index < -0.39 is 17.8 Å². The molecule has 0 spiro atoms. The fourth-order valence-electron chi connectivity index (χ4n) is 3.29. The summed E-state index contributed by atoms with van der Waals surface area (Å²) >= 11 is 11.0. The number of amides is 2. The summed E-state index contributed by atoms with van der Waals surface area (Å²) in [6.45, 7) is 7.43. The highest BCUT2D eigenvalue weighted by Gasteiger charge is 2.33. The summed E-state index contributed by atoms with van der Waals surface area (Å²) < 4.78 is 1.83. The van der Waals surface area contributed by atoms with E-state index in [0.29, 0.717) is 11.3 Å². The lowest BCUT2D eigenvalue weighted by atomic mass is 10.1. The number of nitrogens with zero attached hydrogens (tertiary/aromatic N) is 2. The largest absolute Gasteiger partial charge is 0.478 e. The average Bonchev–Trinajstić information content (AvgIpc) is 2.96. The molecule has 1 aliphatic rings. The minimum atomic E-state index is -1.13. The van der Waals surface area contributed by atoms with Gasteiger partial charge in [-0.1, -0.05) is 17.7 Å². The number of hydrogen-bond donors (Lipinski definition) is 2. The summed E-state index contributed by atoms with van der Waals surface area (Å²) in [5.41, 5.74) is 2.70. The topological polar surface area (TPSA) is 91.6 Å². The lowest BCUT2D eigenvalue weighted by molar-refractivity contribution is -0.128. The van der Waals surface area contributed by atoms with Crippen LogP contribution in [-0.4, -0.2) is 44.0 Å². The number of rotatable bonds is 5. The Morgan fingerprint density at radius 2 is 2.00 bits per heavy atom. The molecule has 0 bridgehead atoms. The zero-order valence-electron chi connectivity index (χ0n) is 16.2. The standard InChI is InChI=1S/C21H18ClN3O4S/c1-4-7-24-19(27)16(18(26)23-21(24)30)9-13-8-11(2)25(12(13)3)14-5-6-17(22)15(10-14)20(28)29/h4-6,8-10H,1,7H2,2-3H3,(H,28,29)(H,23,26,30)/b16-9-. The maximum absolute atomic E-state index is 12.7. The molecule has 7 nitrogen and oxygen atoms in total. The van der Waals surface area contributed by atoms with Gasteiger partial charge in [0.25, 0.3) is 11.8 Å². The average molecular weight is 444 g/mol. The summed E-state index contributed by atoms with van der Waals surface area (Å²) in [6.07, 6.45) is 3.02. The van der Waals surface area contributed by atoms with Gasteiger partial charge in [-0.05, 0) is 62.0 Å². The molecule has 1 saturated heterocycles. The fraction of sp³-hybridized carbons (Fsp3) is 0.143. The van der Waals surface area contributed by atoms with Crippen LogP contribution >= 0.6 is 23.8 Å². The molecule has 1 aromatic carbocycles. The Bertz CT molecular complexity index is 1150. The molecule has 9 heteroatoms. The van der Waals surface area contributed by atoms with E-state index in [4.69, 9.17) is 23.8 Å². The third-order valence-electron chi connectivity index (χ3n) is 4.71. The van der Waals surface area contributed by atoms with Gasteiger partial charge in [0.15, 0.2) is 5.11 Å². The van der Waals surface area contributed by atoms with E-state index in [1.54, 1.807) is 6.07 Å². The zero-order valence-corrected chi connectivity index (χ0v) is 17.8. The van der Waals surface area contributed by atoms with Gasteiger partial charge < -0.3 is 9.67 Å². The predicted molar refractivity (Wildman–Crippen MR) is 118 cm³/mol. The van der Waals surface area contributed by atoms with Crippen molar-refractivity contribution in [1.29, 1.82) is 0 Å². The quantitative estimate of drug-likeness (QED) is 0.320. The van der Waals surface area contributed by atoms with Crippen molar-refractivity contribution in [3.63, 3.8) is 0 Å². The van der Waals surface area contributed by atoms with Crippen LogP contribution in [0, 0.1) is 13.8 Å². The van der Waals surface area contributed by atoms with E-state index in [-0.39, 0.29) is 27.8 Å². The lowest BCUT2D eigenvalue weighted by Crippen LogP contribution is -2.53. The van der Waals surface area contributed by atoms with Crippen molar-refractivity contribution in [1.82, 2.24) is 14.8 Å². The normalized spacial score (nSPS) is 15.5. The molecule has 1 fully saturated rings. The van der Waals surface area contributed by atoms with Crippen LogP contribution in [0.3, 0.4) is 0 Å². The van der Waals surface area contributed by atoms with E-state index in [1.165, 1.54) is 29.2 Å². The van der Waals surface area contributed by atoms with Crippen molar-refractivity contribution in [2.75, 3.05) is 6.54 Å². The van der Waals surface area contributed by atoms with Gasteiger partial charge >= 0.3 is 5.97 Å². The molecular formula is C21H18ClN3O4S. The van der Waals surface area contributed by atoms with Gasteiger partial charge in [-0.25, -0.2) is 4.79 Å². The summed E-state index contributed by atoms with van der Waals surface area (Å²) in [7, 11) is 0. The monoisotopic (exact) mass is 443 g/mol. The van der Waals surface area contributed by atoms with Crippen LogP contribution < -0.4 is 5.32 Å². The summed E-state index contributed by atoms with van der Waals surface area (Å²) in [4.78, 5) is 37.8. The van der Waals surface area contributed by atoms with Gasteiger partial charge in [0, 0.05) is 23.6 Å². The van der Waals surface area contributed by atoms with E-state index in [2.05, 4.69) is 11.9 Å².